The number of aliphatic carboxylic acids is 1. The highest BCUT2D eigenvalue weighted by molar-refractivity contribution is 7.93. The van der Waals surface area contributed by atoms with Crippen LogP contribution in [0.15, 0.2) is 107 Å². The normalized spacial score (nSPS) is 16.8. The van der Waals surface area contributed by atoms with Crippen molar-refractivity contribution in [3.8, 4) is 22.3 Å². The highest BCUT2D eigenvalue weighted by Crippen LogP contribution is 2.25. The van der Waals surface area contributed by atoms with Gasteiger partial charge in [-0.25, -0.2) is 27.2 Å². The molecule has 1 aliphatic rings. The second-order valence-electron chi connectivity index (χ2n) is 13.8. The van der Waals surface area contributed by atoms with E-state index in [1.165, 1.54) is 28.2 Å². The number of carbonyl (C=O) groups excluding carboxylic acids is 1. The molecular formula is C39H47N3O11S2. The lowest BCUT2D eigenvalue weighted by Crippen LogP contribution is -2.51. The maximum Gasteiger partial charge on any atom is 0.324 e. The van der Waals surface area contributed by atoms with E-state index >= 15 is 0 Å². The van der Waals surface area contributed by atoms with Crippen molar-refractivity contribution < 1.29 is 41.1 Å². The van der Waals surface area contributed by atoms with Gasteiger partial charge in [0.15, 0.2) is 35.5 Å². The Morgan fingerprint density at radius 3 is 1.58 bits per heavy atom. The Morgan fingerprint density at radius 1 is 0.745 bits per heavy atom. The van der Waals surface area contributed by atoms with Crippen molar-refractivity contribution in [3.05, 3.63) is 118 Å². The second-order valence-corrected chi connectivity index (χ2v) is 18.7. The topological polar surface area (TPSA) is 197 Å². The summed E-state index contributed by atoms with van der Waals surface area (Å²) >= 11 is 0. The fourth-order valence-electron chi connectivity index (χ4n) is 5.62. The highest BCUT2D eigenvalue weighted by Gasteiger charge is 2.44. The Hall–Kier alpha value is -4.90. The molecule has 0 saturated carbocycles. The molecule has 5 rings (SSSR count). The molecule has 1 amide bonds. The Morgan fingerprint density at radius 2 is 1.20 bits per heavy atom. The molecule has 1 fully saturated rings. The molecule has 1 unspecified atom stereocenters. The molecular weight excluding hydrogens is 751 g/mol. The minimum absolute atomic E-state index is 0.00374. The van der Waals surface area contributed by atoms with Crippen molar-refractivity contribution >= 4 is 31.6 Å². The van der Waals surface area contributed by atoms with Crippen molar-refractivity contribution in [2.45, 2.75) is 74.8 Å². The zero-order chi connectivity index (χ0) is 40.4. The van der Waals surface area contributed by atoms with Crippen LogP contribution in [0.5, 0.6) is 0 Å². The number of benzene rings is 2. The third-order valence-corrected chi connectivity index (χ3v) is 13.9. The van der Waals surface area contributed by atoms with Crippen molar-refractivity contribution in [3.63, 3.8) is 0 Å². The van der Waals surface area contributed by atoms with E-state index in [1.807, 2.05) is 60.7 Å². The van der Waals surface area contributed by atoms with Gasteiger partial charge in [-0.05, 0) is 73.9 Å². The van der Waals surface area contributed by atoms with Gasteiger partial charge in [-0.3, -0.25) is 19.2 Å². The molecule has 0 bridgehead atoms. The van der Waals surface area contributed by atoms with Crippen LogP contribution in [0.4, 0.5) is 0 Å². The summed E-state index contributed by atoms with van der Waals surface area (Å²) < 4.78 is 52.9. The molecule has 1 saturated heterocycles. The first-order chi connectivity index (χ1) is 25.9. The number of carboxylic acid groups (broad SMARTS) is 1. The molecule has 0 radical (unpaired) electrons. The number of carboxylic acids is 1. The van der Waals surface area contributed by atoms with Gasteiger partial charge in [0.25, 0.3) is 17.0 Å². The molecule has 296 valence electrons. The van der Waals surface area contributed by atoms with E-state index in [9.17, 15) is 41.1 Å². The SMILES string of the molecule is C[C@@](CCn1ccc(-c2ccccc2)cc1=O)(C(=O)NOC1CCCCO1)S(C)(=O)=O.C[C@@](CCn1ccc(-c2ccccc2)cc1=O)(C(=O)O)S(C)(=O)=O. The number of rotatable bonds is 14. The first kappa shape index (κ1) is 42.8. The Balaban J connectivity index is 0.000000253. The summed E-state index contributed by atoms with van der Waals surface area (Å²) in [5, 5.41) is 9.24. The summed E-state index contributed by atoms with van der Waals surface area (Å²) in [6.45, 7) is 3.10. The summed E-state index contributed by atoms with van der Waals surface area (Å²) in [4.78, 5) is 54.1. The van der Waals surface area contributed by atoms with Crippen LogP contribution < -0.4 is 16.6 Å². The Labute approximate surface area is 320 Å². The number of carbonyl (C=O) groups is 2. The van der Waals surface area contributed by atoms with Crippen molar-refractivity contribution in [2.24, 2.45) is 0 Å². The fraction of sp³-hybridized carbons (Fsp3) is 0.385. The molecule has 3 atom stereocenters. The van der Waals surface area contributed by atoms with Crippen LogP contribution >= 0.6 is 0 Å². The number of pyridine rings is 2. The van der Waals surface area contributed by atoms with E-state index in [0.717, 1.165) is 54.5 Å². The van der Waals surface area contributed by atoms with E-state index in [-0.39, 0.29) is 37.0 Å². The molecule has 2 aromatic carbocycles. The number of nitrogens with one attached hydrogen (secondary N) is 1. The molecule has 3 heterocycles. The number of nitrogens with zero attached hydrogens (tertiary/aromatic N) is 2. The minimum Gasteiger partial charge on any atom is -0.480 e. The van der Waals surface area contributed by atoms with E-state index in [4.69, 9.17) is 9.57 Å². The van der Waals surface area contributed by atoms with Gasteiger partial charge in [0.2, 0.25) is 0 Å². The first-order valence-electron chi connectivity index (χ1n) is 17.6. The molecule has 55 heavy (non-hydrogen) atoms. The van der Waals surface area contributed by atoms with Gasteiger partial charge in [-0.2, -0.15) is 0 Å². The van der Waals surface area contributed by atoms with Crippen molar-refractivity contribution in [2.75, 3.05) is 19.1 Å². The van der Waals surface area contributed by atoms with Gasteiger partial charge < -0.3 is 19.0 Å². The van der Waals surface area contributed by atoms with Gasteiger partial charge in [0.05, 0.1) is 0 Å². The second kappa shape index (κ2) is 18.2. The monoisotopic (exact) mass is 797 g/mol. The van der Waals surface area contributed by atoms with Gasteiger partial charge >= 0.3 is 5.97 Å². The number of hydrogen-bond donors (Lipinski definition) is 2. The smallest absolute Gasteiger partial charge is 0.324 e. The molecule has 2 aromatic heterocycles. The summed E-state index contributed by atoms with van der Waals surface area (Å²) in [6.07, 6.45) is 6.65. The first-order valence-corrected chi connectivity index (χ1v) is 21.4. The average Bonchev–Trinajstić information content (AvgIpc) is 3.16. The van der Waals surface area contributed by atoms with Crippen LogP contribution in [0.25, 0.3) is 22.3 Å². The van der Waals surface area contributed by atoms with Gasteiger partial charge in [0, 0.05) is 63.2 Å². The Bertz CT molecular complexity index is 2290. The van der Waals surface area contributed by atoms with Crippen molar-refractivity contribution in [1.82, 2.24) is 14.6 Å². The van der Waals surface area contributed by atoms with Crippen LogP contribution in [0, 0.1) is 0 Å². The molecule has 0 spiro atoms. The number of ether oxygens (including phenoxy) is 1. The Kier molecular flexibility index (Phi) is 14.1. The summed E-state index contributed by atoms with van der Waals surface area (Å²) in [5.41, 5.74) is 5.00. The third kappa shape index (κ3) is 10.9. The average molecular weight is 798 g/mol. The predicted octanol–water partition coefficient (Wildman–Crippen LogP) is 4.08. The van der Waals surface area contributed by atoms with Crippen LogP contribution in [0.3, 0.4) is 0 Å². The number of aromatic nitrogens is 2. The quantitative estimate of drug-likeness (QED) is 0.175. The molecule has 0 aliphatic carbocycles. The number of amides is 1. The summed E-state index contributed by atoms with van der Waals surface area (Å²) in [6, 6.07) is 25.3. The van der Waals surface area contributed by atoms with E-state index < -0.39 is 47.3 Å². The maximum atomic E-state index is 12.7. The van der Waals surface area contributed by atoms with E-state index in [2.05, 4.69) is 5.48 Å². The number of sulfone groups is 2. The largest absolute Gasteiger partial charge is 0.480 e. The fourth-order valence-corrected chi connectivity index (χ4v) is 7.24. The number of hydroxylamine groups is 1. The minimum atomic E-state index is -3.81. The van der Waals surface area contributed by atoms with Crippen LogP contribution in [0.2, 0.25) is 0 Å². The third-order valence-electron chi connectivity index (χ3n) is 9.86. The van der Waals surface area contributed by atoms with Gasteiger partial charge in [0.1, 0.15) is 0 Å². The molecule has 14 nitrogen and oxygen atoms in total. The molecule has 4 aromatic rings. The van der Waals surface area contributed by atoms with Gasteiger partial charge in [-0.1, -0.05) is 60.7 Å². The number of aryl methyl sites for hydroxylation is 2. The van der Waals surface area contributed by atoms with Gasteiger partial charge in [-0.15, -0.1) is 0 Å². The molecule has 2 N–H and O–H groups in total. The van der Waals surface area contributed by atoms with E-state index in [0.29, 0.717) is 13.0 Å². The number of hydrogen-bond acceptors (Lipinski definition) is 10. The lowest BCUT2D eigenvalue weighted by atomic mass is 10.1. The van der Waals surface area contributed by atoms with Crippen LogP contribution in [-0.2, 0) is 51.9 Å². The van der Waals surface area contributed by atoms with E-state index in [1.54, 1.807) is 24.5 Å². The zero-order valence-corrected chi connectivity index (χ0v) is 32.8. The predicted molar refractivity (Wildman–Crippen MR) is 208 cm³/mol. The lowest BCUT2D eigenvalue weighted by Gasteiger charge is -2.28. The maximum absolute atomic E-state index is 12.7. The standard InChI is InChI=1S/C22H28N2O6S.C17H19NO5S/c1-22(31(2,27)28,21(26)23-30-20-10-6-7-15-29-20)12-14-24-13-11-18(16-19(24)25)17-8-4-3-5-9-17;1-17(16(20)21,24(2,22)23)9-11-18-10-8-14(12-15(18)19)13-6-4-3-5-7-13/h3-5,8-9,11,13,16,20H,6-7,10,12,14-15H2,1-2H3,(H,23,26);3-8,10,12H,9,11H2,1-2H3,(H,20,21)/t20?,22-;17-/m11/s1. The summed E-state index contributed by atoms with van der Waals surface area (Å²) in [5.74, 6) is -2.20. The van der Waals surface area contributed by atoms with Crippen LogP contribution in [0.1, 0.15) is 46.0 Å². The van der Waals surface area contributed by atoms with Crippen molar-refractivity contribution in [1.29, 1.82) is 0 Å². The zero-order valence-electron chi connectivity index (χ0n) is 31.2. The van der Waals surface area contributed by atoms with Crippen LogP contribution in [-0.4, -0.2) is 77.9 Å². The summed E-state index contributed by atoms with van der Waals surface area (Å²) in [7, 11) is -7.61. The highest BCUT2D eigenvalue weighted by atomic mass is 32.2. The lowest BCUT2D eigenvalue weighted by molar-refractivity contribution is -0.201. The molecule has 16 heteroatoms. The molecule has 1 aliphatic heterocycles.